The van der Waals surface area contributed by atoms with Gasteiger partial charge >= 0.3 is 0 Å². The molecule has 4 nitrogen and oxygen atoms in total. The maximum absolute atomic E-state index is 5.25. The number of piperazine rings is 1. The minimum Gasteiger partial charge on any atom is -0.383 e. The molecular weight excluding hydrogens is 226 g/mol. The molecule has 0 radical (unpaired) electrons. The van der Waals surface area contributed by atoms with Crippen LogP contribution in [0.1, 0.15) is 26.7 Å². The second-order valence-corrected chi connectivity index (χ2v) is 6.23. The number of likely N-dealkylation sites (tertiary alicyclic amines) is 1. The lowest BCUT2D eigenvalue weighted by Crippen LogP contribution is -2.59. The molecule has 0 aliphatic carbocycles. The van der Waals surface area contributed by atoms with Crippen LogP contribution in [-0.4, -0.2) is 74.4 Å². The van der Waals surface area contributed by atoms with Crippen LogP contribution < -0.4 is 5.32 Å². The molecule has 2 fully saturated rings. The van der Waals surface area contributed by atoms with Gasteiger partial charge in [0.15, 0.2) is 0 Å². The average Bonchev–Trinajstić information content (AvgIpc) is 2.38. The van der Waals surface area contributed by atoms with Crippen molar-refractivity contribution in [3.63, 3.8) is 0 Å². The predicted molar refractivity (Wildman–Crippen MR) is 75.0 cm³/mol. The Morgan fingerprint density at radius 1 is 1.28 bits per heavy atom. The molecule has 1 N–H and O–H groups in total. The Morgan fingerprint density at radius 3 is 2.67 bits per heavy atom. The SMILES string of the molecule is COCCN1CC(N2CCNCC2)CCC1(C)C. The van der Waals surface area contributed by atoms with E-state index in [2.05, 4.69) is 29.0 Å². The van der Waals surface area contributed by atoms with Gasteiger partial charge in [-0.25, -0.2) is 0 Å². The molecule has 4 heteroatoms. The normalized spacial score (nSPS) is 30.5. The van der Waals surface area contributed by atoms with Crippen LogP contribution >= 0.6 is 0 Å². The van der Waals surface area contributed by atoms with Gasteiger partial charge in [-0.15, -0.1) is 0 Å². The number of rotatable bonds is 4. The molecule has 0 aromatic rings. The summed E-state index contributed by atoms with van der Waals surface area (Å²) in [6.45, 7) is 12.6. The summed E-state index contributed by atoms with van der Waals surface area (Å²) in [4.78, 5) is 5.29. The van der Waals surface area contributed by atoms with Gasteiger partial charge in [-0.2, -0.15) is 0 Å². The van der Waals surface area contributed by atoms with E-state index in [0.29, 0.717) is 5.54 Å². The van der Waals surface area contributed by atoms with Crippen LogP contribution in [0.15, 0.2) is 0 Å². The van der Waals surface area contributed by atoms with Gasteiger partial charge in [-0.3, -0.25) is 9.80 Å². The lowest BCUT2D eigenvalue weighted by Gasteiger charge is -2.49. The van der Waals surface area contributed by atoms with Crippen LogP contribution in [0.3, 0.4) is 0 Å². The average molecular weight is 255 g/mol. The fourth-order valence-electron chi connectivity index (χ4n) is 3.21. The van der Waals surface area contributed by atoms with E-state index in [1.54, 1.807) is 7.11 Å². The van der Waals surface area contributed by atoms with Crippen LogP contribution in [0.4, 0.5) is 0 Å². The standard InChI is InChI=1S/C14H29N3O/c1-14(2)5-4-13(12-17(14)10-11-18-3)16-8-6-15-7-9-16/h13,15H,4-12H2,1-3H3. The lowest BCUT2D eigenvalue weighted by atomic mass is 9.87. The minimum atomic E-state index is 0.336. The van der Waals surface area contributed by atoms with Gasteiger partial charge in [-0.05, 0) is 26.7 Å². The molecule has 1 unspecified atom stereocenters. The molecule has 2 heterocycles. The quantitative estimate of drug-likeness (QED) is 0.803. The van der Waals surface area contributed by atoms with Crippen molar-refractivity contribution in [3.05, 3.63) is 0 Å². The molecule has 0 amide bonds. The first kappa shape index (κ1) is 14.3. The fraction of sp³-hybridized carbons (Fsp3) is 1.00. The molecular formula is C14H29N3O. The van der Waals surface area contributed by atoms with E-state index in [1.807, 2.05) is 0 Å². The van der Waals surface area contributed by atoms with Crippen LogP contribution in [0.5, 0.6) is 0 Å². The number of piperidine rings is 1. The van der Waals surface area contributed by atoms with Crippen molar-refractivity contribution >= 4 is 0 Å². The van der Waals surface area contributed by atoms with Gasteiger partial charge in [0.1, 0.15) is 0 Å². The zero-order chi connectivity index (χ0) is 13.0. The highest BCUT2D eigenvalue weighted by Crippen LogP contribution is 2.29. The first-order valence-electron chi connectivity index (χ1n) is 7.32. The summed E-state index contributed by atoms with van der Waals surface area (Å²) < 4.78 is 5.25. The van der Waals surface area contributed by atoms with Gasteiger partial charge in [-0.1, -0.05) is 0 Å². The van der Waals surface area contributed by atoms with Crippen LogP contribution in [-0.2, 0) is 4.74 Å². The number of hydrogen-bond acceptors (Lipinski definition) is 4. The third kappa shape index (κ3) is 3.44. The number of nitrogens with zero attached hydrogens (tertiary/aromatic N) is 2. The minimum absolute atomic E-state index is 0.336. The molecule has 18 heavy (non-hydrogen) atoms. The number of nitrogens with one attached hydrogen (secondary N) is 1. The summed E-state index contributed by atoms with van der Waals surface area (Å²) in [6, 6.07) is 0.747. The molecule has 2 saturated heterocycles. The van der Waals surface area contributed by atoms with Crippen molar-refractivity contribution in [1.29, 1.82) is 0 Å². The summed E-state index contributed by atoms with van der Waals surface area (Å²) >= 11 is 0. The highest BCUT2D eigenvalue weighted by atomic mass is 16.5. The summed E-state index contributed by atoms with van der Waals surface area (Å²) in [7, 11) is 1.80. The van der Waals surface area contributed by atoms with Crippen molar-refractivity contribution in [2.45, 2.75) is 38.3 Å². The molecule has 0 spiro atoms. The Bertz CT molecular complexity index is 251. The molecule has 0 bridgehead atoms. The van der Waals surface area contributed by atoms with Crippen LogP contribution in [0, 0.1) is 0 Å². The monoisotopic (exact) mass is 255 g/mol. The van der Waals surface area contributed by atoms with Crippen LogP contribution in [0.2, 0.25) is 0 Å². The van der Waals surface area contributed by atoms with E-state index >= 15 is 0 Å². The summed E-state index contributed by atoms with van der Waals surface area (Å²) in [5.74, 6) is 0. The zero-order valence-corrected chi connectivity index (χ0v) is 12.2. The highest BCUT2D eigenvalue weighted by molar-refractivity contribution is 4.93. The van der Waals surface area contributed by atoms with Crippen molar-refractivity contribution < 1.29 is 4.74 Å². The van der Waals surface area contributed by atoms with Gasteiger partial charge < -0.3 is 10.1 Å². The van der Waals surface area contributed by atoms with Crippen molar-refractivity contribution in [2.75, 3.05) is 53.0 Å². The second kappa shape index (κ2) is 6.33. The molecule has 1 atom stereocenters. The Kier molecular flexibility index (Phi) is 5.01. The summed E-state index contributed by atoms with van der Waals surface area (Å²) in [6.07, 6.45) is 2.64. The number of methoxy groups -OCH3 is 1. The van der Waals surface area contributed by atoms with E-state index in [4.69, 9.17) is 4.74 Å². The number of hydrogen-bond donors (Lipinski definition) is 1. The Labute approximate surface area is 112 Å². The lowest BCUT2D eigenvalue weighted by molar-refractivity contribution is -0.00142. The van der Waals surface area contributed by atoms with E-state index in [-0.39, 0.29) is 0 Å². The van der Waals surface area contributed by atoms with Gasteiger partial charge in [0.25, 0.3) is 0 Å². The fourth-order valence-corrected chi connectivity index (χ4v) is 3.21. The van der Waals surface area contributed by atoms with E-state index < -0.39 is 0 Å². The van der Waals surface area contributed by atoms with Crippen molar-refractivity contribution in [1.82, 2.24) is 15.1 Å². The predicted octanol–water partition coefficient (Wildman–Crippen LogP) is 0.781. The molecule has 0 saturated carbocycles. The third-order valence-corrected chi connectivity index (χ3v) is 4.61. The van der Waals surface area contributed by atoms with Gasteiger partial charge in [0.2, 0.25) is 0 Å². The van der Waals surface area contributed by atoms with Gasteiger partial charge in [0.05, 0.1) is 6.61 Å². The Morgan fingerprint density at radius 2 is 2.00 bits per heavy atom. The van der Waals surface area contributed by atoms with Gasteiger partial charge in [0, 0.05) is 58.0 Å². The first-order valence-corrected chi connectivity index (χ1v) is 7.32. The highest BCUT2D eigenvalue weighted by Gasteiger charge is 2.36. The summed E-state index contributed by atoms with van der Waals surface area (Å²) in [5, 5.41) is 3.44. The second-order valence-electron chi connectivity index (χ2n) is 6.23. The Hall–Kier alpha value is -0.160. The largest absolute Gasteiger partial charge is 0.383 e. The Balaban J connectivity index is 1.90. The zero-order valence-electron chi connectivity index (χ0n) is 12.2. The molecule has 2 aliphatic heterocycles. The number of ether oxygens (including phenoxy) is 1. The first-order chi connectivity index (χ1) is 8.63. The van der Waals surface area contributed by atoms with E-state index in [0.717, 1.165) is 32.3 Å². The van der Waals surface area contributed by atoms with Crippen molar-refractivity contribution in [3.8, 4) is 0 Å². The smallest absolute Gasteiger partial charge is 0.0589 e. The molecule has 0 aromatic heterocycles. The molecule has 0 aromatic carbocycles. The van der Waals surface area contributed by atoms with E-state index in [1.165, 1.54) is 32.5 Å². The molecule has 2 aliphatic rings. The van der Waals surface area contributed by atoms with E-state index in [9.17, 15) is 0 Å². The summed E-state index contributed by atoms with van der Waals surface area (Å²) in [5.41, 5.74) is 0.336. The molecule has 106 valence electrons. The maximum Gasteiger partial charge on any atom is 0.0589 e. The topological polar surface area (TPSA) is 27.7 Å². The van der Waals surface area contributed by atoms with Crippen LogP contribution in [0.25, 0.3) is 0 Å². The third-order valence-electron chi connectivity index (χ3n) is 4.61. The molecule has 2 rings (SSSR count). The maximum atomic E-state index is 5.25. The van der Waals surface area contributed by atoms with Crippen molar-refractivity contribution in [2.24, 2.45) is 0 Å².